The van der Waals surface area contributed by atoms with Gasteiger partial charge in [-0.25, -0.2) is 0 Å². The van der Waals surface area contributed by atoms with Gasteiger partial charge in [0.1, 0.15) is 0 Å². The van der Waals surface area contributed by atoms with Crippen molar-refractivity contribution in [1.82, 2.24) is 0 Å². The number of nitro benzene ring substituents is 1. The third-order valence-corrected chi connectivity index (χ3v) is 3.03. The molecule has 0 fully saturated rings. The van der Waals surface area contributed by atoms with Gasteiger partial charge in [0.2, 0.25) is 5.91 Å². The van der Waals surface area contributed by atoms with Crippen molar-refractivity contribution in [2.24, 2.45) is 0 Å². The zero-order valence-electron chi connectivity index (χ0n) is 10.8. The lowest BCUT2D eigenvalue weighted by atomic mass is 10.3. The molecule has 0 aliphatic heterocycles. The van der Waals surface area contributed by atoms with Crippen LogP contribution in [-0.4, -0.2) is 34.9 Å². The average molecular weight is 298 g/mol. The summed E-state index contributed by atoms with van der Waals surface area (Å²) < 4.78 is 4.72. The summed E-state index contributed by atoms with van der Waals surface area (Å²) in [5, 5.41) is 13.0. The predicted molar refractivity (Wildman–Crippen MR) is 75.7 cm³/mol. The lowest BCUT2D eigenvalue weighted by Gasteiger charge is -2.05. The van der Waals surface area contributed by atoms with Crippen LogP contribution in [0.5, 0.6) is 0 Å². The number of thioether (sulfide) groups is 1. The first-order valence-electron chi connectivity index (χ1n) is 5.80. The number of nitro groups is 1. The summed E-state index contributed by atoms with van der Waals surface area (Å²) in [6, 6.07) is 5.51. The highest BCUT2D eigenvalue weighted by Crippen LogP contribution is 2.15. The summed E-state index contributed by atoms with van der Waals surface area (Å²) in [7, 11) is 0. The van der Waals surface area contributed by atoms with Crippen LogP contribution in [0.15, 0.2) is 24.3 Å². The number of amides is 1. The summed E-state index contributed by atoms with van der Waals surface area (Å²) in [5.74, 6) is -0.425. The Balaban J connectivity index is 2.35. The van der Waals surface area contributed by atoms with Crippen LogP contribution in [0.3, 0.4) is 0 Å². The van der Waals surface area contributed by atoms with E-state index in [4.69, 9.17) is 4.74 Å². The fraction of sp³-hybridized carbons (Fsp3) is 0.333. The molecule has 0 spiro atoms. The van der Waals surface area contributed by atoms with Gasteiger partial charge in [0.05, 0.1) is 23.0 Å². The number of non-ortho nitro benzene ring substituents is 1. The molecule has 108 valence electrons. The fourth-order valence-corrected chi connectivity index (χ4v) is 1.90. The van der Waals surface area contributed by atoms with E-state index in [1.165, 1.54) is 24.3 Å². The predicted octanol–water partition coefficient (Wildman–Crippen LogP) is 1.83. The number of benzene rings is 1. The number of anilines is 1. The molecule has 1 aromatic carbocycles. The van der Waals surface area contributed by atoms with Crippen molar-refractivity contribution >= 4 is 35.0 Å². The highest BCUT2D eigenvalue weighted by atomic mass is 32.2. The normalized spacial score (nSPS) is 9.85. The SMILES string of the molecule is CCOC(=O)CSCC(=O)Nc1ccc([N+](=O)[O-])cc1. The summed E-state index contributed by atoms with van der Waals surface area (Å²) in [6.07, 6.45) is 0. The molecule has 0 aliphatic carbocycles. The summed E-state index contributed by atoms with van der Waals surface area (Å²) in [4.78, 5) is 32.5. The first kappa shape index (κ1) is 16.0. The van der Waals surface area contributed by atoms with E-state index in [1.807, 2.05) is 0 Å². The van der Waals surface area contributed by atoms with Crippen LogP contribution in [0.2, 0.25) is 0 Å². The smallest absolute Gasteiger partial charge is 0.315 e. The van der Waals surface area contributed by atoms with Crippen molar-refractivity contribution in [2.75, 3.05) is 23.4 Å². The van der Waals surface area contributed by atoms with E-state index in [0.29, 0.717) is 12.3 Å². The van der Waals surface area contributed by atoms with E-state index < -0.39 is 4.92 Å². The number of hydrogen-bond acceptors (Lipinski definition) is 6. The van der Waals surface area contributed by atoms with E-state index in [0.717, 1.165) is 11.8 Å². The number of nitrogens with zero attached hydrogens (tertiary/aromatic N) is 1. The molecule has 8 heteroatoms. The Morgan fingerprint density at radius 3 is 2.50 bits per heavy atom. The van der Waals surface area contributed by atoms with Gasteiger partial charge in [-0.15, -0.1) is 11.8 Å². The molecule has 1 aromatic rings. The standard InChI is InChI=1S/C12H14N2O5S/c1-2-19-12(16)8-20-7-11(15)13-9-3-5-10(6-4-9)14(17)18/h3-6H,2,7-8H2,1H3,(H,13,15). The Labute approximate surface area is 119 Å². The molecule has 0 atom stereocenters. The second-order valence-corrected chi connectivity index (χ2v) is 4.64. The van der Waals surface area contributed by atoms with Crippen molar-refractivity contribution in [2.45, 2.75) is 6.92 Å². The Morgan fingerprint density at radius 2 is 1.95 bits per heavy atom. The lowest BCUT2D eigenvalue weighted by molar-refractivity contribution is -0.384. The largest absolute Gasteiger partial charge is 0.465 e. The number of esters is 1. The van der Waals surface area contributed by atoms with Crippen LogP contribution in [0.4, 0.5) is 11.4 Å². The van der Waals surface area contributed by atoms with Gasteiger partial charge >= 0.3 is 5.97 Å². The Bertz CT molecular complexity index is 489. The van der Waals surface area contributed by atoms with Crippen molar-refractivity contribution in [3.8, 4) is 0 Å². The Morgan fingerprint density at radius 1 is 1.30 bits per heavy atom. The number of rotatable bonds is 7. The van der Waals surface area contributed by atoms with Gasteiger partial charge in [0.15, 0.2) is 0 Å². The maximum absolute atomic E-state index is 11.6. The van der Waals surface area contributed by atoms with Crippen LogP contribution in [0.1, 0.15) is 6.92 Å². The molecule has 0 heterocycles. The second-order valence-electron chi connectivity index (χ2n) is 3.65. The third kappa shape index (κ3) is 5.70. The van der Waals surface area contributed by atoms with Crippen LogP contribution in [-0.2, 0) is 14.3 Å². The van der Waals surface area contributed by atoms with Crippen molar-refractivity contribution < 1.29 is 19.2 Å². The van der Waals surface area contributed by atoms with Gasteiger partial charge < -0.3 is 10.1 Å². The van der Waals surface area contributed by atoms with Gasteiger partial charge in [0.25, 0.3) is 5.69 Å². The molecule has 0 aromatic heterocycles. The van der Waals surface area contributed by atoms with E-state index >= 15 is 0 Å². The minimum Gasteiger partial charge on any atom is -0.465 e. The number of ether oxygens (including phenoxy) is 1. The summed E-state index contributed by atoms with van der Waals surface area (Å²) in [6.45, 7) is 2.03. The minimum atomic E-state index is -0.513. The molecule has 1 rings (SSSR count). The Kier molecular flexibility index (Phi) is 6.51. The van der Waals surface area contributed by atoms with Gasteiger partial charge in [-0.2, -0.15) is 0 Å². The van der Waals surface area contributed by atoms with E-state index in [-0.39, 0.29) is 29.1 Å². The number of carbonyl (C=O) groups excluding carboxylic acids is 2. The second kappa shape index (κ2) is 8.16. The number of hydrogen-bond donors (Lipinski definition) is 1. The highest BCUT2D eigenvalue weighted by molar-refractivity contribution is 8.00. The Hall–Kier alpha value is -2.09. The van der Waals surface area contributed by atoms with Crippen molar-refractivity contribution in [1.29, 1.82) is 0 Å². The molecule has 0 radical (unpaired) electrons. The third-order valence-electron chi connectivity index (χ3n) is 2.12. The number of carbonyl (C=O) groups is 2. The first-order chi connectivity index (χ1) is 9.52. The van der Waals surface area contributed by atoms with Gasteiger partial charge in [-0.05, 0) is 19.1 Å². The van der Waals surface area contributed by atoms with E-state index in [1.54, 1.807) is 6.92 Å². The molecular formula is C12H14N2O5S. The van der Waals surface area contributed by atoms with E-state index in [2.05, 4.69) is 5.32 Å². The maximum atomic E-state index is 11.6. The molecule has 0 saturated carbocycles. The lowest BCUT2D eigenvalue weighted by Crippen LogP contribution is -2.16. The highest BCUT2D eigenvalue weighted by Gasteiger charge is 2.08. The van der Waals surface area contributed by atoms with Gasteiger partial charge in [0, 0.05) is 17.8 Å². The molecule has 1 N–H and O–H groups in total. The molecule has 7 nitrogen and oxygen atoms in total. The molecule has 20 heavy (non-hydrogen) atoms. The first-order valence-corrected chi connectivity index (χ1v) is 6.96. The topological polar surface area (TPSA) is 98.5 Å². The number of nitrogens with one attached hydrogen (secondary N) is 1. The van der Waals surface area contributed by atoms with Crippen molar-refractivity contribution in [3.05, 3.63) is 34.4 Å². The van der Waals surface area contributed by atoms with Crippen LogP contribution in [0.25, 0.3) is 0 Å². The van der Waals surface area contributed by atoms with Crippen LogP contribution in [0, 0.1) is 10.1 Å². The fourth-order valence-electron chi connectivity index (χ4n) is 1.29. The zero-order chi connectivity index (χ0) is 15.0. The molecular weight excluding hydrogens is 284 g/mol. The van der Waals surface area contributed by atoms with Gasteiger partial charge in [-0.3, -0.25) is 19.7 Å². The molecule has 1 amide bonds. The van der Waals surface area contributed by atoms with Crippen LogP contribution < -0.4 is 5.32 Å². The molecule has 0 saturated heterocycles. The molecule has 0 bridgehead atoms. The minimum absolute atomic E-state index is 0.0420. The summed E-state index contributed by atoms with van der Waals surface area (Å²) in [5.41, 5.74) is 0.428. The molecule has 0 aliphatic rings. The van der Waals surface area contributed by atoms with Gasteiger partial charge in [-0.1, -0.05) is 0 Å². The monoisotopic (exact) mass is 298 g/mol. The molecule has 0 unspecified atom stereocenters. The average Bonchev–Trinajstić information content (AvgIpc) is 2.39. The quantitative estimate of drug-likeness (QED) is 0.468. The van der Waals surface area contributed by atoms with E-state index in [9.17, 15) is 19.7 Å². The maximum Gasteiger partial charge on any atom is 0.315 e. The van der Waals surface area contributed by atoms with Crippen molar-refractivity contribution in [3.63, 3.8) is 0 Å². The van der Waals surface area contributed by atoms with Crippen LogP contribution >= 0.6 is 11.8 Å². The summed E-state index contributed by atoms with van der Waals surface area (Å²) >= 11 is 1.14. The zero-order valence-corrected chi connectivity index (χ0v) is 11.6.